The summed E-state index contributed by atoms with van der Waals surface area (Å²) in [5.41, 5.74) is 0.511. The largest absolute Gasteiger partial charge is 0.851 e. The zero-order valence-corrected chi connectivity index (χ0v) is 40.3. The molecule has 0 unspecified atom stereocenters. The zero-order chi connectivity index (χ0) is 48.3. The quantitative estimate of drug-likeness (QED) is 0.0264. The van der Waals surface area contributed by atoms with E-state index < -0.39 is 59.2 Å². The number of nitrogens with one attached hydrogen (secondary N) is 4. The number of hydrogen-bond acceptors (Lipinski definition) is 14. The van der Waals surface area contributed by atoms with Crippen molar-refractivity contribution in [2.45, 2.75) is 166 Å². The van der Waals surface area contributed by atoms with Gasteiger partial charge < -0.3 is 50.4 Å². The van der Waals surface area contributed by atoms with Gasteiger partial charge in [0.15, 0.2) is 0 Å². The van der Waals surface area contributed by atoms with E-state index in [0.717, 1.165) is 72.9 Å². The predicted molar refractivity (Wildman–Crippen MR) is 261 cm³/mol. The molecule has 0 saturated heterocycles. The number of unbranched alkanes of at least 4 members (excludes halogenated alkanes) is 8. The van der Waals surface area contributed by atoms with E-state index in [1.54, 1.807) is 12.1 Å². The molecular formula is C54H70N4O10-2. The molecule has 0 aromatic heterocycles. The maximum Gasteiger partial charge on any atom is 0.310 e. The SMILES string of the molecule is CCCCCOC(=O)CC1(CC(=O)OCCCCC)Nc2cccc3ccc(C4C([O-])C(c5ccc6cccc7c6c5NC(CC(=O)OCCCCC)(CC(=O)OCCCCC)N7)C4[O-])c(c23)N1. The van der Waals surface area contributed by atoms with E-state index in [4.69, 9.17) is 18.9 Å². The summed E-state index contributed by atoms with van der Waals surface area (Å²) < 4.78 is 22.7. The molecule has 0 atom stereocenters. The summed E-state index contributed by atoms with van der Waals surface area (Å²) in [4.78, 5) is 54.3. The number of carbonyl (C=O) groups excluding carboxylic acids is 4. The van der Waals surface area contributed by atoms with Crippen LogP contribution in [0, 0.1) is 0 Å². The van der Waals surface area contributed by atoms with Crippen molar-refractivity contribution in [2.24, 2.45) is 0 Å². The van der Waals surface area contributed by atoms with E-state index >= 15 is 10.2 Å². The summed E-state index contributed by atoms with van der Waals surface area (Å²) in [6.45, 7) is 9.26. The third-order valence-corrected chi connectivity index (χ3v) is 13.6. The molecule has 4 aromatic rings. The molecule has 4 N–H and O–H groups in total. The Morgan fingerprint density at radius 2 is 0.779 bits per heavy atom. The Bertz CT molecular complexity index is 2180. The van der Waals surface area contributed by atoms with Gasteiger partial charge in [0.2, 0.25) is 0 Å². The van der Waals surface area contributed by atoms with Gasteiger partial charge in [-0.1, -0.05) is 128 Å². The van der Waals surface area contributed by atoms with Crippen LogP contribution in [0.1, 0.15) is 153 Å². The Balaban J connectivity index is 1.22. The van der Waals surface area contributed by atoms with Crippen LogP contribution in [0.5, 0.6) is 0 Å². The molecule has 0 radical (unpaired) electrons. The van der Waals surface area contributed by atoms with Gasteiger partial charge in [0, 0.05) is 33.5 Å². The minimum atomic E-state index is -1.42. The van der Waals surface area contributed by atoms with E-state index in [-0.39, 0.29) is 52.1 Å². The highest BCUT2D eigenvalue weighted by Gasteiger charge is 2.47. The monoisotopic (exact) mass is 935 g/mol. The highest BCUT2D eigenvalue weighted by atomic mass is 16.5. The molecule has 1 aliphatic carbocycles. The van der Waals surface area contributed by atoms with Crippen LogP contribution in [0.15, 0.2) is 60.7 Å². The van der Waals surface area contributed by atoms with Crippen molar-refractivity contribution in [3.05, 3.63) is 71.8 Å². The standard InChI is InChI=1S/C54H70N4O10/c1-5-9-13-27-65-41(59)31-53(32-42(60)66-28-14-10-6-2)55-39-21-17-19-35-23-25-37(49(57-53)45(35)39)47-51(63)48(52(47)64)38-26-24-36-20-18-22-40-46(36)50(38)58-54(56-40,33-43(61)67-29-15-11-7-3)34-44(62)68-30-16-12-8-4/h17-26,47-48,51-52,55-58H,5-16,27-34H2,1-4H3/q-2. The molecule has 1 fully saturated rings. The first kappa shape index (κ1) is 50.3. The highest BCUT2D eigenvalue weighted by Crippen LogP contribution is 2.54. The summed E-state index contributed by atoms with van der Waals surface area (Å²) >= 11 is 0. The number of rotatable bonds is 26. The number of carbonyl (C=O) groups is 4. The maximum absolute atomic E-state index is 15.0. The van der Waals surface area contributed by atoms with Gasteiger partial charge in [0.05, 0.1) is 52.1 Å². The first-order valence-corrected chi connectivity index (χ1v) is 25.1. The van der Waals surface area contributed by atoms with Gasteiger partial charge in [-0.25, -0.2) is 0 Å². The lowest BCUT2D eigenvalue weighted by molar-refractivity contribution is -0.535. The lowest BCUT2D eigenvalue weighted by Crippen LogP contribution is -2.64. The second-order valence-corrected chi connectivity index (χ2v) is 18.9. The van der Waals surface area contributed by atoms with Gasteiger partial charge in [0.1, 0.15) is 11.3 Å². The molecule has 14 heteroatoms. The van der Waals surface area contributed by atoms with E-state index in [1.165, 1.54) is 0 Å². The molecule has 2 heterocycles. The minimum absolute atomic E-state index is 0.231. The van der Waals surface area contributed by atoms with Crippen LogP contribution in [0.25, 0.3) is 21.5 Å². The molecule has 0 bridgehead atoms. The minimum Gasteiger partial charge on any atom is -0.851 e. The molecule has 3 aliphatic rings. The molecule has 7 rings (SSSR count). The lowest BCUT2D eigenvalue weighted by Gasteiger charge is -2.62. The predicted octanol–water partition coefficient (Wildman–Crippen LogP) is 8.89. The van der Waals surface area contributed by atoms with Crippen molar-refractivity contribution in [2.75, 3.05) is 47.7 Å². The molecular weight excluding hydrogens is 865 g/mol. The first-order chi connectivity index (χ1) is 33.0. The molecule has 14 nitrogen and oxygen atoms in total. The highest BCUT2D eigenvalue weighted by molar-refractivity contribution is 6.09. The van der Waals surface area contributed by atoms with E-state index in [2.05, 4.69) is 49.0 Å². The van der Waals surface area contributed by atoms with Crippen molar-refractivity contribution in [1.82, 2.24) is 0 Å². The van der Waals surface area contributed by atoms with Crippen LogP contribution >= 0.6 is 0 Å². The van der Waals surface area contributed by atoms with Crippen molar-refractivity contribution in [3.63, 3.8) is 0 Å². The van der Waals surface area contributed by atoms with Crippen LogP contribution in [-0.2, 0) is 38.1 Å². The Morgan fingerprint density at radius 3 is 1.09 bits per heavy atom. The Kier molecular flexibility index (Phi) is 17.1. The van der Waals surface area contributed by atoms with Gasteiger partial charge in [-0.15, -0.1) is 12.2 Å². The summed E-state index contributed by atoms with van der Waals surface area (Å²) in [7, 11) is 0. The molecule has 368 valence electrons. The molecule has 2 aliphatic heterocycles. The van der Waals surface area contributed by atoms with E-state index in [1.807, 2.05) is 48.5 Å². The second kappa shape index (κ2) is 23.1. The van der Waals surface area contributed by atoms with Crippen molar-refractivity contribution in [3.8, 4) is 0 Å². The average Bonchev–Trinajstić information content (AvgIpc) is 3.31. The van der Waals surface area contributed by atoms with Gasteiger partial charge >= 0.3 is 23.9 Å². The molecule has 0 spiro atoms. The summed E-state index contributed by atoms with van der Waals surface area (Å²) in [6.07, 6.45) is 6.57. The van der Waals surface area contributed by atoms with E-state index in [0.29, 0.717) is 59.6 Å². The third kappa shape index (κ3) is 11.5. The number of hydrogen-bond donors (Lipinski definition) is 4. The van der Waals surface area contributed by atoms with Crippen molar-refractivity contribution < 1.29 is 48.3 Å². The summed E-state index contributed by atoms with van der Waals surface area (Å²) in [5.74, 6) is -4.04. The van der Waals surface area contributed by atoms with Gasteiger partial charge in [-0.05, 0) is 71.6 Å². The maximum atomic E-state index is 15.0. The zero-order valence-electron chi connectivity index (χ0n) is 40.3. The van der Waals surface area contributed by atoms with Crippen LogP contribution in [0.4, 0.5) is 22.7 Å². The van der Waals surface area contributed by atoms with Crippen LogP contribution in [0.3, 0.4) is 0 Å². The molecule has 68 heavy (non-hydrogen) atoms. The second-order valence-electron chi connectivity index (χ2n) is 18.9. The molecule has 4 aromatic carbocycles. The molecule has 0 amide bonds. The van der Waals surface area contributed by atoms with Crippen LogP contribution in [-0.4, -0.2) is 73.8 Å². The number of ether oxygens (including phenoxy) is 4. The lowest BCUT2D eigenvalue weighted by atomic mass is 9.62. The molecule has 1 saturated carbocycles. The smallest absolute Gasteiger partial charge is 0.310 e. The average molecular weight is 935 g/mol. The summed E-state index contributed by atoms with van der Waals surface area (Å²) in [6, 6.07) is 18.7. The van der Waals surface area contributed by atoms with Crippen LogP contribution in [0.2, 0.25) is 0 Å². The van der Waals surface area contributed by atoms with Crippen LogP contribution < -0.4 is 31.5 Å². The Morgan fingerprint density at radius 1 is 0.456 bits per heavy atom. The Labute approximate surface area is 400 Å². The topological polar surface area (TPSA) is 199 Å². The first-order valence-electron chi connectivity index (χ1n) is 25.1. The van der Waals surface area contributed by atoms with Gasteiger partial charge in [-0.2, -0.15) is 0 Å². The summed E-state index contributed by atoms with van der Waals surface area (Å²) in [5, 5.41) is 47.1. The number of anilines is 4. The normalized spacial score (nSPS) is 19.4. The fourth-order valence-electron chi connectivity index (χ4n) is 10.1. The Hall–Kier alpha value is -5.60. The number of benzene rings is 4. The van der Waals surface area contributed by atoms with Gasteiger partial charge in [0.25, 0.3) is 0 Å². The third-order valence-electron chi connectivity index (χ3n) is 13.6. The fraction of sp³-hybridized carbons (Fsp3) is 0.556. The van der Waals surface area contributed by atoms with E-state index in [9.17, 15) is 19.2 Å². The number of esters is 4. The van der Waals surface area contributed by atoms with Crippen molar-refractivity contribution in [1.29, 1.82) is 0 Å². The fourth-order valence-corrected chi connectivity index (χ4v) is 10.1. The van der Waals surface area contributed by atoms with Gasteiger partial charge in [-0.3, -0.25) is 19.2 Å². The van der Waals surface area contributed by atoms with Crippen molar-refractivity contribution >= 4 is 68.2 Å².